The van der Waals surface area contributed by atoms with Crippen molar-refractivity contribution in [2.24, 2.45) is 11.8 Å². The minimum absolute atomic E-state index is 0.335. The smallest absolute Gasteiger partial charge is 0.193 e. The van der Waals surface area contributed by atoms with Gasteiger partial charge in [-0.15, -0.1) is 0 Å². The largest absolute Gasteiger partial charge is 0.448 e. The van der Waals surface area contributed by atoms with Crippen LogP contribution in [-0.2, 0) is 0 Å². The highest BCUT2D eigenvalue weighted by atomic mass is 35.5. The average molecular weight is 284 g/mol. The van der Waals surface area contributed by atoms with Gasteiger partial charge in [-0.1, -0.05) is 33.1 Å². The van der Waals surface area contributed by atoms with Gasteiger partial charge in [0, 0.05) is 0 Å². The summed E-state index contributed by atoms with van der Waals surface area (Å²) in [5.41, 5.74) is 0. The summed E-state index contributed by atoms with van der Waals surface area (Å²) in [4.78, 5) is 0. The number of nitrogens with one attached hydrogen (secondary N) is 1. The van der Waals surface area contributed by atoms with Gasteiger partial charge in [0.15, 0.2) is 5.22 Å². The molecule has 1 aliphatic rings. The van der Waals surface area contributed by atoms with E-state index in [1.54, 1.807) is 0 Å². The Morgan fingerprint density at radius 3 is 2.84 bits per heavy atom. The molecular formula is C16H26ClNO. The summed E-state index contributed by atoms with van der Waals surface area (Å²) < 4.78 is 5.67. The molecule has 1 saturated carbocycles. The molecule has 1 heterocycles. The monoisotopic (exact) mass is 283 g/mol. The van der Waals surface area contributed by atoms with Gasteiger partial charge in [0.2, 0.25) is 0 Å². The van der Waals surface area contributed by atoms with Crippen molar-refractivity contribution in [2.45, 2.75) is 58.4 Å². The maximum atomic E-state index is 5.94. The Kier molecular flexibility index (Phi) is 5.77. The van der Waals surface area contributed by atoms with Gasteiger partial charge in [-0.25, -0.2) is 0 Å². The predicted octanol–water partition coefficient (Wildman–Crippen LogP) is 5.19. The highest BCUT2D eigenvalue weighted by Crippen LogP contribution is 2.39. The molecule has 1 aromatic heterocycles. The summed E-state index contributed by atoms with van der Waals surface area (Å²) in [6.45, 7) is 5.55. The van der Waals surface area contributed by atoms with Crippen LogP contribution in [0.25, 0.3) is 0 Å². The second kappa shape index (κ2) is 7.35. The van der Waals surface area contributed by atoms with Crippen molar-refractivity contribution in [2.75, 3.05) is 6.54 Å². The molecule has 3 atom stereocenters. The van der Waals surface area contributed by atoms with Crippen LogP contribution in [0.3, 0.4) is 0 Å². The molecule has 19 heavy (non-hydrogen) atoms. The SMILES string of the molecule is CCCNC(c1ccc(Cl)o1)C1CCCC(CC)C1. The molecule has 0 bridgehead atoms. The van der Waals surface area contributed by atoms with Gasteiger partial charge >= 0.3 is 0 Å². The minimum atomic E-state index is 0.335. The molecule has 0 radical (unpaired) electrons. The van der Waals surface area contributed by atoms with Crippen molar-refractivity contribution in [3.8, 4) is 0 Å². The number of rotatable bonds is 6. The molecule has 3 heteroatoms. The van der Waals surface area contributed by atoms with E-state index in [0.717, 1.165) is 24.6 Å². The summed E-state index contributed by atoms with van der Waals surface area (Å²) in [7, 11) is 0. The zero-order valence-electron chi connectivity index (χ0n) is 12.1. The normalized spacial score (nSPS) is 25.4. The molecule has 0 saturated heterocycles. The molecule has 0 aromatic carbocycles. The Morgan fingerprint density at radius 2 is 2.21 bits per heavy atom. The lowest BCUT2D eigenvalue weighted by atomic mass is 9.76. The van der Waals surface area contributed by atoms with Crippen molar-refractivity contribution in [1.29, 1.82) is 0 Å². The summed E-state index contributed by atoms with van der Waals surface area (Å²) in [6, 6.07) is 4.23. The number of furan rings is 1. The van der Waals surface area contributed by atoms with E-state index in [4.69, 9.17) is 16.0 Å². The van der Waals surface area contributed by atoms with Crippen LogP contribution >= 0.6 is 11.6 Å². The summed E-state index contributed by atoms with van der Waals surface area (Å²) in [5, 5.41) is 4.16. The zero-order valence-corrected chi connectivity index (χ0v) is 12.9. The van der Waals surface area contributed by atoms with E-state index in [-0.39, 0.29) is 0 Å². The lowest BCUT2D eigenvalue weighted by Crippen LogP contribution is -2.32. The van der Waals surface area contributed by atoms with Gasteiger partial charge < -0.3 is 9.73 Å². The summed E-state index contributed by atoms with van der Waals surface area (Å²) in [6.07, 6.45) is 7.81. The fourth-order valence-corrected chi connectivity index (χ4v) is 3.45. The van der Waals surface area contributed by atoms with E-state index in [0.29, 0.717) is 17.2 Å². The number of hydrogen-bond donors (Lipinski definition) is 1. The molecule has 1 aliphatic carbocycles. The first-order valence-electron chi connectivity index (χ1n) is 7.73. The molecule has 1 fully saturated rings. The van der Waals surface area contributed by atoms with Gasteiger partial charge in [0.1, 0.15) is 5.76 Å². The van der Waals surface area contributed by atoms with Gasteiger partial charge in [0.25, 0.3) is 0 Å². The topological polar surface area (TPSA) is 25.2 Å². The van der Waals surface area contributed by atoms with Crippen molar-refractivity contribution in [3.05, 3.63) is 23.1 Å². The second-order valence-corrected chi connectivity index (χ2v) is 6.15. The molecule has 0 aliphatic heterocycles. The Bertz CT molecular complexity index is 377. The fourth-order valence-electron chi connectivity index (χ4n) is 3.30. The third-order valence-electron chi connectivity index (χ3n) is 4.39. The van der Waals surface area contributed by atoms with Crippen LogP contribution in [0.2, 0.25) is 5.22 Å². The van der Waals surface area contributed by atoms with Crippen molar-refractivity contribution >= 4 is 11.6 Å². The van der Waals surface area contributed by atoms with Crippen molar-refractivity contribution in [1.82, 2.24) is 5.32 Å². The third-order valence-corrected chi connectivity index (χ3v) is 4.59. The molecule has 0 spiro atoms. The maximum Gasteiger partial charge on any atom is 0.193 e. The first kappa shape index (κ1) is 14.9. The first-order valence-corrected chi connectivity index (χ1v) is 8.11. The molecule has 2 nitrogen and oxygen atoms in total. The second-order valence-electron chi connectivity index (χ2n) is 5.77. The molecule has 108 valence electrons. The van der Waals surface area contributed by atoms with Crippen molar-refractivity contribution < 1.29 is 4.42 Å². The van der Waals surface area contributed by atoms with E-state index >= 15 is 0 Å². The van der Waals surface area contributed by atoms with Crippen LogP contribution in [0.1, 0.15) is 64.2 Å². The third kappa shape index (κ3) is 4.00. The Labute approximate surface area is 121 Å². The van der Waals surface area contributed by atoms with Crippen molar-refractivity contribution in [3.63, 3.8) is 0 Å². The average Bonchev–Trinajstić information content (AvgIpc) is 2.86. The molecule has 1 aromatic rings. The first-order chi connectivity index (χ1) is 9.24. The van der Waals surface area contributed by atoms with Crippen LogP contribution in [0, 0.1) is 11.8 Å². The van der Waals surface area contributed by atoms with Crippen LogP contribution in [-0.4, -0.2) is 6.54 Å². The predicted molar refractivity (Wildman–Crippen MR) is 80.5 cm³/mol. The van der Waals surface area contributed by atoms with E-state index < -0.39 is 0 Å². The van der Waals surface area contributed by atoms with Gasteiger partial charge in [-0.3, -0.25) is 0 Å². The van der Waals surface area contributed by atoms with Crippen LogP contribution in [0.15, 0.2) is 16.5 Å². The Balaban J connectivity index is 2.08. The number of hydrogen-bond acceptors (Lipinski definition) is 2. The molecule has 2 rings (SSSR count). The standard InChI is InChI=1S/C16H26ClNO/c1-3-10-18-16(14-8-9-15(17)19-14)13-7-5-6-12(4-2)11-13/h8-9,12-13,16,18H,3-7,10-11H2,1-2H3. The maximum absolute atomic E-state index is 5.94. The highest BCUT2D eigenvalue weighted by molar-refractivity contribution is 6.28. The number of halogens is 1. The summed E-state index contributed by atoms with van der Waals surface area (Å²) >= 11 is 5.94. The zero-order chi connectivity index (χ0) is 13.7. The van der Waals surface area contributed by atoms with Gasteiger partial charge in [-0.2, -0.15) is 0 Å². The van der Waals surface area contributed by atoms with Gasteiger partial charge in [-0.05, 0) is 61.4 Å². The van der Waals surface area contributed by atoms with E-state index in [1.807, 2.05) is 12.1 Å². The Hall–Kier alpha value is -0.470. The highest BCUT2D eigenvalue weighted by Gasteiger charge is 2.30. The minimum Gasteiger partial charge on any atom is -0.448 e. The van der Waals surface area contributed by atoms with Crippen LogP contribution < -0.4 is 5.32 Å². The van der Waals surface area contributed by atoms with Gasteiger partial charge in [0.05, 0.1) is 6.04 Å². The molecular weight excluding hydrogens is 258 g/mol. The fraction of sp³-hybridized carbons (Fsp3) is 0.750. The summed E-state index contributed by atoms with van der Waals surface area (Å²) in [5.74, 6) is 2.59. The quantitative estimate of drug-likeness (QED) is 0.777. The lowest BCUT2D eigenvalue weighted by molar-refractivity contribution is 0.194. The van der Waals surface area contributed by atoms with E-state index in [2.05, 4.69) is 19.2 Å². The van der Waals surface area contributed by atoms with Crippen LogP contribution in [0.4, 0.5) is 0 Å². The van der Waals surface area contributed by atoms with E-state index in [9.17, 15) is 0 Å². The Morgan fingerprint density at radius 1 is 1.37 bits per heavy atom. The molecule has 0 amide bonds. The lowest BCUT2D eigenvalue weighted by Gasteiger charge is -2.34. The van der Waals surface area contributed by atoms with E-state index in [1.165, 1.54) is 32.1 Å². The van der Waals surface area contributed by atoms with Crippen LogP contribution in [0.5, 0.6) is 0 Å². The molecule has 1 N–H and O–H groups in total. The molecule has 3 unspecified atom stereocenters.